The van der Waals surface area contributed by atoms with Crippen LogP contribution in [0, 0.1) is 11.3 Å². The normalized spacial score (nSPS) is 10.2. The molecule has 0 bridgehead atoms. The number of nitrogens with one attached hydrogen (secondary N) is 1. The molecule has 0 spiro atoms. The smallest absolute Gasteiger partial charge is 0.101 e. The first-order chi connectivity index (χ1) is 9.76. The number of rotatable bonds is 2. The van der Waals surface area contributed by atoms with Crippen LogP contribution >= 0.6 is 0 Å². The summed E-state index contributed by atoms with van der Waals surface area (Å²) in [7, 11) is 0. The van der Waals surface area contributed by atoms with Crippen molar-refractivity contribution in [2.75, 3.05) is 11.1 Å². The Morgan fingerprint density at radius 1 is 0.850 bits per heavy atom. The van der Waals surface area contributed by atoms with Gasteiger partial charge in [0.05, 0.1) is 11.3 Å². The molecule has 3 aromatic rings. The molecular formula is C17H13N3. The first-order valence-electron chi connectivity index (χ1n) is 6.32. The van der Waals surface area contributed by atoms with Gasteiger partial charge < -0.3 is 11.1 Å². The minimum Gasteiger partial charge on any atom is -0.398 e. The van der Waals surface area contributed by atoms with Gasteiger partial charge >= 0.3 is 0 Å². The molecule has 0 heterocycles. The summed E-state index contributed by atoms with van der Waals surface area (Å²) in [6, 6.07) is 21.8. The van der Waals surface area contributed by atoms with Crippen molar-refractivity contribution in [2.45, 2.75) is 0 Å². The van der Waals surface area contributed by atoms with Gasteiger partial charge in [0, 0.05) is 11.4 Å². The molecule has 3 heteroatoms. The molecule has 3 rings (SSSR count). The molecule has 0 saturated carbocycles. The zero-order valence-electron chi connectivity index (χ0n) is 10.8. The number of benzene rings is 3. The van der Waals surface area contributed by atoms with Crippen LogP contribution in [-0.2, 0) is 0 Å². The summed E-state index contributed by atoms with van der Waals surface area (Å²) in [4.78, 5) is 0. The number of anilines is 3. The number of hydrogen-bond acceptors (Lipinski definition) is 3. The van der Waals surface area contributed by atoms with Gasteiger partial charge in [0.25, 0.3) is 0 Å². The molecule has 0 saturated heterocycles. The van der Waals surface area contributed by atoms with Crippen molar-refractivity contribution in [3.05, 3.63) is 66.2 Å². The fourth-order valence-corrected chi connectivity index (χ4v) is 2.18. The Morgan fingerprint density at radius 3 is 2.30 bits per heavy atom. The number of nitriles is 1. The van der Waals surface area contributed by atoms with Gasteiger partial charge in [-0.05, 0) is 41.1 Å². The fraction of sp³-hybridized carbons (Fsp3) is 0. The summed E-state index contributed by atoms with van der Waals surface area (Å²) in [5, 5.41) is 14.6. The van der Waals surface area contributed by atoms with E-state index in [4.69, 9.17) is 11.0 Å². The van der Waals surface area contributed by atoms with E-state index >= 15 is 0 Å². The molecule has 0 unspecified atom stereocenters. The van der Waals surface area contributed by atoms with Crippen molar-refractivity contribution in [2.24, 2.45) is 0 Å². The maximum absolute atomic E-state index is 8.87. The number of nitrogens with zero attached hydrogens (tertiary/aromatic N) is 1. The van der Waals surface area contributed by atoms with E-state index < -0.39 is 0 Å². The third-order valence-corrected chi connectivity index (χ3v) is 3.21. The molecule has 3 nitrogen and oxygen atoms in total. The monoisotopic (exact) mass is 259 g/mol. The van der Waals surface area contributed by atoms with Crippen molar-refractivity contribution in [1.82, 2.24) is 0 Å². The van der Waals surface area contributed by atoms with Crippen LogP contribution in [-0.4, -0.2) is 0 Å². The Hall–Kier alpha value is -2.99. The zero-order valence-corrected chi connectivity index (χ0v) is 10.8. The molecule has 20 heavy (non-hydrogen) atoms. The average molecular weight is 259 g/mol. The molecule has 96 valence electrons. The lowest BCUT2D eigenvalue weighted by atomic mass is 10.1. The number of fused-ring (bicyclic) bond motifs is 1. The summed E-state index contributed by atoms with van der Waals surface area (Å²) < 4.78 is 0. The minimum absolute atomic E-state index is 0.485. The Labute approximate surface area is 117 Å². The molecule has 0 atom stereocenters. The second kappa shape index (κ2) is 4.94. The van der Waals surface area contributed by atoms with Crippen molar-refractivity contribution >= 4 is 27.8 Å². The van der Waals surface area contributed by atoms with Gasteiger partial charge in [-0.25, -0.2) is 0 Å². The summed E-state index contributed by atoms with van der Waals surface area (Å²) in [6.45, 7) is 0. The molecule has 0 aliphatic rings. The highest BCUT2D eigenvalue weighted by Crippen LogP contribution is 2.24. The molecule has 0 aliphatic heterocycles. The van der Waals surface area contributed by atoms with E-state index in [1.807, 2.05) is 24.3 Å². The summed E-state index contributed by atoms with van der Waals surface area (Å²) >= 11 is 0. The summed E-state index contributed by atoms with van der Waals surface area (Å²) in [6.07, 6.45) is 0. The second-order valence-electron chi connectivity index (χ2n) is 4.60. The highest BCUT2D eigenvalue weighted by molar-refractivity contribution is 5.86. The number of nitrogen functional groups attached to an aromatic ring is 1. The van der Waals surface area contributed by atoms with Gasteiger partial charge in [0.15, 0.2) is 0 Å². The van der Waals surface area contributed by atoms with E-state index in [0.717, 1.165) is 11.4 Å². The standard InChI is InChI=1S/C17H13N3/c18-11-14-6-8-16(10-17(14)19)20-15-7-5-12-3-1-2-4-13(12)9-15/h1-10,20H,19H2. The number of nitrogens with two attached hydrogens (primary N) is 1. The molecule has 0 aliphatic carbocycles. The van der Waals surface area contributed by atoms with E-state index in [1.54, 1.807) is 12.1 Å². The van der Waals surface area contributed by atoms with Crippen molar-refractivity contribution in [3.8, 4) is 6.07 Å². The molecule has 3 aromatic carbocycles. The van der Waals surface area contributed by atoms with Crippen LogP contribution in [0.3, 0.4) is 0 Å². The van der Waals surface area contributed by atoms with E-state index in [2.05, 4.69) is 35.7 Å². The first kappa shape index (κ1) is 12.1. The van der Waals surface area contributed by atoms with Crippen LogP contribution in [0.5, 0.6) is 0 Å². The highest BCUT2D eigenvalue weighted by atomic mass is 14.9. The van der Waals surface area contributed by atoms with Crippen molar-refractivity contribution in [3.63, 3.8) is 0 Å². The van der Waals surface area contributed by atoms with Crippen molar-refractivity contribution in [1.29, 1.82) is 5.26 Å². The quantitative estimate of drug-likeness (QED) is 0.683. The minimum atomic E-state index is 0.485. The number of hydrogen-bond donors (Lipinski definition) is 2. The average Bonchev–Trinajstić information content (AvgIpc) is 2.47. The maximum Gasteiger partial charge on any atom is 0.101 e. The molecule has 0 amide bonds. The first-order valence-corrected chi connectivity index (χ1v) is 6.32. The lowest BCUT2D eigenvalue weighted by molar-refractivity contribution is 1.47. The van der Waals surface area contributed by atoms with E-state index in [1.165, 1.54) is 10.8 Å². The predicted octanol–water partition coefficient (Wildman–Crippen LogP) is 4.04. The SMILES string of the molecule is N#Cc1ccc(Nc2ccc3ccccc3c2)cc1N. The van der Waals surface area contributed by atoms with Gasteiger partial charge in [-0.2, -0.15) is 5.26 Å². The maximum atomic E-state index is 8.87. The van der Waals surface area contributed by atoms with Gasteiger partial charge in [0.1, 0.15) is 6.07 Å². The van der Waals surface area contributed by atoms with E-state index in [-0.39, 0.29) is 0 Å². The predicted molar refractivity (Wildman–Crippen MR) is 82.8 cm³/mol. The van der Waals surface area contributed by atoms with Crippen LogP contribution < -0.4 is 11.1 Å². The zero-order chi connectivity index (χ0) is 13.9. The van der Waals surface area contributed by atoms with Gasteiger partial charge in [-0.3, -0.25) is 0 Å². The third-order valence-electron chi connectivity index (χ3n) is 3.21. The Bertz CT molecular complexity index is 816. The Balaban J connectivity index is 1.93. The lowest BCUT2D eigenvalue weighted by Gasteiger charge is -2.09. The highest BCUT2D eigenvalue weighted by Gasteiger charge is 2.01. The van der Waals surface area contributed by atoms with Crippen LogP contribution in [0.1, 0.15) is 5.56 Å². The van der Waals surface area contributed by atoms with Gasteiger partial charge in [0.2, 0.25) is 0 Å². The lowest BCUT2D eigenvalue weighted by Crippen LogP contribution is -1.94. The molecule has 3 N–H and O–H groups in total. The van der Waals surface area contributed by atoms with Crippen LogP contribution in [0.25, 0.3) is 10.8 Å². The van der Waals surface area contributed by atoms with Gasteiger partial charge in [-0.1, -0.05) is 30.3 Å². The van der Waals surface area contributed by atoms with Crippen LogP contribution in [0.4, 0.5) is 17.1 Å². The molecule has 0 aromatic heterocycles. The van der Waals surface area contributed by atoms with Crippen LogP contribution in [0.15, 0.2) is 60.7 Å². The summed E-state index contributed by atoms with van der Waals surface area (Å²) in [5.41, 5.74) is 8.66. The Kier molecular flexibility index (Phi) is 2.98. The Morgan fingerprint density at radius 2 is 1.55 bits per heavy atom. The summed E-state index contributed by atoms with van der Waals surface area (Å²) in [5.74, 6) is 0. The van der Waals surface area contributed by atoms with E-state index in [9.17, 15) is 0 Å². The second-order valence-corrected chi connectivity index (χ2v) is 4.60. The molecule has 0 fully saturated rings. The molecule has 0 radical (unpaired) electrons. The topological polar surface area (TPSA) is 61.8 Å². The van der Waals surface area contributed by atoms with Crippen molar-refractivity contribution < 1.29 is 0 Å². The fourth-order valence-electron chi connectivity index (χ4n) is 2.18. The van der Waals surface area contributed by atoms with Crippen LogP contribution in [0.2, 0.25) is 0 Å². The molecular weight excluding hydrogens is 246 g/mol. The van der Waals surface area contributed by atoms with Gasteiger partial charge in [-0.15, -0.1) is 0 Å². The third kappa shape index (κ3) is 2.27. The largest absolute Gasteiger partial charge is 0.398 e. The van der Waals surface area contributed by atoms with E-state index in [0.29, 0.717) is 11.3 Å².